The molecule has 4 aromatic carbocycles. The average molecular weight is 496 g/mol. The van der Waals surface area contributed by atoms with Gasteiger partial charge in [-0.15, -0.1) is 0 Å². The number of hydrogen-bond acceptors (Lipinski definition) is 4. The molecule has 37 heavy (non-hydrogen) atoms. The zero-order valence-electron chi connectivity index (χ0n) is 21.2. The second kappa shape index (κ2) is 11.5. The average Bonchev–Trinajstić information content (AvgIpc) is 2.94. The van der Waals surface area contributed by atoms with Crippen molar-refractivity contribution in [2.45, 2.75) is 32.4 Å². The molecule has 1 heterocycles. The summed E-state index contributed by atoms with van der Waals surface area (Å²) in [4.78, 5) is 14.0. The number of piperidine rings is 1. The van der Waals surface area contributed by atoms with Gasteiger partial charge in [-0.1, -0.05) is 72.8 Å². The summed E-state index contributed by atoms with van der Waals surface area (Å²) in [6, 6.07) is 31.3. The van der Waals surface area contributed by atoms with Crippen molar-refractivity contribution < 1.29 is 19.4 Å². The van der Waals surface area contributed by atoms with Crippen LogP contribution in [-0.2, 0) is 11.4 Å². The van der Waals surface area contributed by atoms with Gasteiger partial charge in [0.2, 0.25) is 0 Å². The number of carboxylic acid groups (broad SMARTS) is 1. The van der Waals surface area contributed by atoms with Gasteiger partial charge in [-0.25, -0.2) is 0 Å². The molecule has 0 amide bonds. The van der Waals surface area contributed by atoms with E-state index in [-0.39, 0.29) is 12.0 Å². The number of likely N-dealkylation sites (tertiary alicyclic amines) is 1. The van der Waals surface area contributed by atoms with Crippen LogP contribution in [0.4, 0.5) is 0 Å². The van der Waals surface area contributed by atoms with E-state index in [2.05, 4.69) is 59.5 Å². The summed E-state index contributed by atoms with van der Waals surface area (Å²) in [6.45, 7) is 4.44. The van der Waals surface area contributed by atoms with E-state index in [0.29, 0.717) is 26.1 Å². The first-order valence-corrected chi connectivity index (χ1v) is 13.0. The molecule has 1 saturated heterocycles. The fourth-order valence-corrected chi connectivity index (χ4v) is 5.21. The van der Waals surface area contributed by atoms with Crippen LogP contribution in [0, 0.1) is 5.92 Å². The van der Waals surface area contributed by atoms with Crippen LogP contribution < -0.4 is 9.47 Å². The minimum absolute atomic E-state index is 0.0123. The van der Waals surface area contributed by atoms with Gasteiger partial charge in [0.25, 0.3) is 0 Å². The van der Waals surface area contributed by atoms with Crippen molar-refractivity contribution in [1.82, 2.24) is 4.90 Å². The molecule has 1 N–H and O–H groups in total. The normalized spacial score (nSPS) is 15.4. The number of carbonyl (C=O) groups is 1. The Kier molecular flexibility index (Phi) is 7.71. The van der Waals surface area contributed by atoms with Crippen LogP contribution in [0.25, 0.3) is 10.8 Å². The molecule has 0 bridgehead atoms. The van der Waals surface area contributed by atoms with Gasteiger partial charge >= 0.3 is 5.97 Å². The van der Waals surface area contributed by atoms with Crippen LogP contribution in [0.3, 0.4) is 0 Å². The third-order valence-corrected chi connectivity index (χ3v) is 7.15. The van der Waals surface area contributed by atoms with Crippen molar-refractivity contribution in [2.24, 2.45) is 5.92 Å². The highest BCUT2D eigenvalue weighted by molar-refractivity contribution is 5.83. The number of carboxylic acids is 1. The Morgan fingerprint density at radius 1 is 0.838 bits per heavy atom. The van der Waals surface area contributed by atoms with Crippen LogP contribution in [0.15, 0.2) is 91.0 Å². The first kappa shape index (κ1) is 24.8. The number of rotatable bonds is 9. The Morgan fingerprint density at radius 2 is 1.51 bits per heavy atom. The summed E-state index contributed by atoms with van der Waals surface area (Å²) in [7, 11) is 0. The molecular formula is C32H33NO4. The van der Waals surface area contributed by atoms with E-state index >= 15 is 0 Å². The van der Waals surface area contributed by atoms with Gasteiger partial charge < -0.3 is 14.6 Å². The summed E-state index contributed by atoms with van der Waals surface area (Å²) < 4.78 is 12.2. The Balaban J connectivity index is 1.49. The molecule has 1 atom stereocenters. The van der Waals surface area contributed by atoms with Crippen LogP contribution in [-0.4, -0.2) is 35.7 Å². The van der Waals surface area contributed by atoms with E-state index in [0.717, 1.165) is 35.7 Å². The monoisotopic (exact) mass is 495 g/mol. The Labute approximate surface area is 218 Å². The zero-order chi connectivity index (χ0) is 25.6. The molecule has 190 valence electrons. The van der Waals surface area contributed by atoms with Gasteiger partial charge in [0.1, 0.15) is 6.61 Å². The summed E-state index contributed by atoms with van der Waals surface area (Å²) >= 11 is 0. The first-order chi connectivity index (χ1) is 18.1. The third-order valence-electron chi connectivity index (χ3n) is 7.15. The lowest BCUT2D eigenvalue weighted by Gasteiger charge is -2.37. The predicted molar refractivity (Wildman–Crippen MR) is 146 cm³/mol. The topological polar surface area (TPSA) is 59.0 Å². The maximum Gasteiger partial charge on any atom is 0.306 e. The zero-order valence-corrected chi connectivity index (χ0v) is 21.2. The Bertz CT molecular complexity index is 1350. The van der Waals surface area contributed by atoms with Crippen molar-refractivity contribution in [3.8, 4) is 11.5 Å². The molecule has 1 fully saturated rings. The highest BCUT2D eigenvalue weighted by atomic mass is 16.5. The summed E-state index contributed by atoms with van der Waals surface area (Å²) in [5.74, 6) is 0.472. The van der Waals surface area contributed by atoms with E-state index < -0.39 is 5.97 Å². The molecular weight excluding hydrogens is 462 g/mol. The van der Waals surface area contributed by atoms with Gasteiger partial charge in [-0.05, 0) is 78.5 Å². The molecule has 0 aromatic heterocycles. The number of hydrogen-bond donors (Lipinski definition) is 1. The molecule has 1 aliphatic rings. The van der Waals surface area contributed by atoms with E-state index in [1.165, 1.54) is 16.3 Å². The second-order valence-electron chi connectivity index (χ2n) is 9.57. The van der Waals surface area contributed by atoms with Crippen LogP contribution in [0.1, 0.15) is 42.5 Å². The van der Waals surface area contributed by atoms with Crippen LogP contribution >= 0.6 is 0 Å². The number of ether oxygens (including phenoxy) is 2. The van der Waals surface area contributed by atoms with Crippen molar-refractivity contribution in [2.75, 3.05) is 19.7 Å². The van der Waals surface area contributed by atoms with Crippen molar-refractivity contribution in [1.29, 1.82) is 0 Å². The molecule has 5 rings (SSSR count). The molecule has 5 heteroatoms. The highest BCUT2D eigenvalue weighted by Gasteiger charge is 2.31. The quantitative estimate of drug-likeness (QED) is 0.280. The smallest absolute Gasteiger partial charge is 0.306 e. The van der Waals surface area contributed by atoms with Gasteiger partial charge in [0.15, 0.2) is 11.5 Å². The van der Waals surface area contributed by atoms with Crippen molar-refractivity contribution in [3.63, 3.8) is 0 Å². The molecule has 5 nitrogen and oxygen atoms in total. The molecule has 1 unspecified atom stereocenters. The largest absolute Gasteiger partial charge is 0.490 e. The first-order valence-electron chi connectivity index (χ1n) is 13.0. The fraction of sp³-hybridized carbons (Fsp3) is 0.281. The predicted octanol–water partition coefficient (Wildman–Crippen LogP) is 6.70. The minimum atomic E-state index is -0.694. The fourth-order valence-electron chi connectivity index (χ4n) is 5.21. The maximum atomic E-state index is 11.6. The number of aliphatic carboxylic acids is 1. The van der Waals surface area contributed by atoms with Crippen molar-refractivity contribution in [3.05, 3.63) is 108 Å². The standard InChI is InChI=1S/C32H33NO4/c1-2-36-30-21-28(14-15-29(30)37-22-23-8-4-3-5-9-23)31(33-18-16-25(17-19-33)32(34)35)27-13-12-24-10-6-7-11-26(24)20-27/h3-15,20-21,25,31H,2,16-19,22H2,1H3,(H,34,35). The second-order valence-corrected chi connectivity index (χ2v) is 9.57. The number of nitrogens with zero attached hydrogens (tertiary/aromatic N) is 1. The van der Waals surface area contributed by atoms with E-state index in [1.807, 2.05) is 43.3 Å². The lowest BCUT2D eigenvalue weighted by Crippen LogP contribution is -2.39. The lowest BCUT2D eigenvalue weighted by atomic mass is 9.90. The van der Waals surface area contributed by atoms with E-state index in [1.54, 1.807) is 0 Å². The van der Waals surface area contributed by atoms with Gasteiger partial charge in [0, 0.05) is 0 Å². The van der Waals surface area contributed by atoms with Crippen LogP contribution in [0.5, 0.6) is 11.5 Å². The summed E-state index contributed by atoms with van der Waals surface area (Å²) in [5.41, 5.74) is 3.40. The minimum Gasteiger partial charge on any atom is -0.490 e. The Hall–Kier alpha value is -3.83. The van der Waals surface area contributed by atoms with E-state index in [4.69, 9.17) is 9.47 Å². The number of fused-ring (bicyclic) bond motifs is 1. The maximum absolute atomic E-state index is 11.6. The van der Waals surface area contributed by atoms with E-state index in [9.17, 15) is 9.90 Å². The van der Waals surface area contributed by atoms with Gasteiger partial charge in [-0.2, -0.15) is 0 Å². The SMILES string of the molecule is CCOc1cc(C(c2ccc3ccccc3c2)N2CCC(C(=O)O)CC2)ccc1OCc1ccccc1. The van der Waals surface area contributed by atoms with Gasteiger partial charge in [0.05, 0.1) is 18.6 Å². The summed E-state index contributed by atoms with van der Waals surface area (Å²) in [6.07, 6.45) is 1.30. The van der Waals surface area contributed by atoms with Crippen LogP contribution in [0.2, 0.25) is 0 Å². The van der Waals surface area contributed by atoms with Gasteiger partial charge in [-0.3, -0.25) is 9.69 Å². The Morgan fingerprint density at radius 3 is 2.24 bits per heavy atom. The molecule has 0 saturated carbocycles. The molecule has 0 spiro atoms. The molecule has 4 aromatic rings. The highest BCUT2D eigenvalue weighted by Crippen LogP contribution is 2.38. The molecule has 0 aliphatic carbocycles. The van der Waals surface area contributed by atoms with Crippen molar-refractivity contribution >= 4 is 16.7 Å². The lowest BCUT2D eigenvalue weighted by molar-refractivity contribution is -0.143. The summed E-state index contributed by atoms with van der Waals surface area (Å²) in [5, 5.41) is 11.9. The number of benzene rings is 4. The third kappa shape index (κ3) is 5.78. The molecule has 1 aliphatic heterocycles. The molecule has 0 radical (unpaired) electrons.